The minimum absolute atomic E-state index is 0.153. The highest BCUT2D eigenvalue weighted by Gasteiger charge is 2.22. The quantitative estimate of drug-likeness (QED) is 0.756. The number of anilines is 1. The van der Waals surface area contributed by atoms with E-state index in [1.165, 1.54) is 17.7 Å². The van der Waals surface area contributed by atoms with Crippen molar-refractivity contribution < 1.29 is 9.18 Å². The zero-order valence-electron chi connectivity index (χ0n) is 16.3. The second-order valence-corrected chi connectivity index (χ2v) is 7.14. The highest BCUT2D eigenvalue weighted by Crippen LogP contribution is 2.17. The normalized spacial score (nSPS) is 14.5. The molecule has 0 saturated carbocycles. The molecule has 3 rings (SSSR count). The third-order valence-corrected chi connectivity index (χ3v) is 5.19. The van der Waals surface area contributed by atoms with Crippen molar-refractivity contribution in [2.24, 2.45) is 5.73 Å². The molecule has 0 bridgehead atoms. The summed E-state index contributed by atoms with van der Waals surface area (Å²) in [6, 6.07) is 16.8. The third-order valence-electron chi connectivity index (χ3n) is 5.19. The van der Waals surface area contributed by atoms with Crippen molar-refractivity contribution in [1.82, 2.24) is 9.80 Å². The molecule has 28 heavy (non-hydrogen) atoms. The molecule has 0 spiro atoms. The van der Waals surface area contributed by atoms with E-state index in [2.05, 4.69) is 21.9 Å². The van der Waals surface area contributed by atoms with Gasteiger partial charge in [0, 0.05) is 51.5 Å². The van der Waals surface area contributed by atoms with E-state index in [-0.39, 0.29) is 11.7 Å². The fourth-order valence-corrected chi connectivity index (χ4v) is 3.54. The molecule has 1 heterocycles. The van der Waals surface area contributed by atoms with Gasteiger partial charge in [-0.2, -0.15) is 0 Å². The maximum absolute atomic E-state index is 13.1. The number of amides is 1. The maximum Gasteiger partial charge on any atom is 0.236 e. The van der Waals surface area contributed by atoms with Crippen LogP contribution in [0.4, 0.5) is 10.1 Å². The van der Waals surface area contributed by atoms with Crippen molar-refractivity contribution in [3.05, 3.63) is 66.0 Å². The lowest BCUT2D eigenvalue weighted by Crippen LogP contribution is -2.51. The van der Waals surface area contributed by atoms with E-state index in [1.54, 1.807) is 12.1 Å². The molecule has 1 aliphatic heterocycles. The van der Waals surface area contributed by atoms with E-state index < -0.39 is 0 Å². The first kappa shape index (κ1) is 20.3. The van der Waals surface area contributed by atoms with Crippen LogP contribution in [-0.2, 0) is 11.2 Å². The number of hydrogen-bond donors (Lipinski definition) is 1. The Hall–Kier alpha value is -2.44. The predicted octanol–water partition coefficient (Wildman–Crippen LogP) is 1.98. The highest BCUT2D eigenvalue weighted by atomic mass is 19.1. The number of hydrogen-bond acceptors (Lipinski definition) is 4. The molecule has 0 atom stereocenters. The monoisotopic (exact) mass is 384 g/mol. The van der Waals surface area contributed by atoms with Crippen LogP contribution in [0.1, 0.15) is 5.56 Å². The Labute approximate surface area is 166 Å². The highest BCUT2D eigenvalue weighted by molar-refractivity contribution is 5.78. The molecule has 5 nitrogen and oxygen atoms in total. The van der Waals surface area contributed by atoms with Crippen molar-refractivity contribution in [2.75, 3.05) is 57.3 Å². The first-order chi connectivity index (χ1) is 13.7. The van der Waals surface area contributed by atoms with Crippen LogP contribution in [0, 0.1) is 5.82 Å². The van der Waals surface area contributed by atoms with E-state index in [1.807, 2.05) is 23.1 Å². The first-order valence-electron chi connectivity index (χ1n) is 9.90. The van der Waals surface area contributed by atoms with Crippen LogP contribution < -0.4 is 10.6 Å². The topological polar surface area (TPSA) is 52.8 Å². The SMILES string of the molecule is NCCN(CCc1ccccc1)CC(=O)N1CCN(c2ccc(F)cc2)CC1. The molecule has 1 amide bonds. The summed E-state index contributed by atoms with van der Waals surface area (Å²) in [5.74, 6) is -0.0756. The molecule has 0 unspecified atom stereocenters. The number of piperazine rings is 1. The van der Waals surface area contributed by atoms with E-state index in [0.717, 1.165) is 31.7 Å². The molecule has 1 saturated heterocycles. The lowest BCUT2D eigenvalue weighted by Gasteiger charge is -2.37. The Morgan fingerprint density at radius 3 is 2.29 bits per heavy atom. The molecule has 2 N–H and O–H groups in total. The average molecular weight is 384 g/mol. The Morgan fingerprint density at radius 1 is 0.964 bits per heavy atom. The van der Waals surface area contributed by atoms with Gasteiger partial charge < -0.3 is 15.5 Å². The Morgan fingerprint density at radius 2 is 1.64 bits per heavy atom. The van der Waals surface area contributed by atoms with Crippen molar-refractivity contribution in [1.29, 1.82) is 0 Å². The molecule has 1 fully saturated rings. The lowest BCUT2D eigenvalue weighted by atomic mass is 10.1. The average Bonchev–Trinajstić information content (AvgIpc) is 2.73. The third kappa shape index (κ3) is 5.78. The first-order valence-corrected chi connectivity index (χ1v) is 9.90. The van der Waals surface area contributed by atoms with E-state index >= 15 is 0 Å². The second kappa shape index (κ2) is 10.2. The Kier molecular flexibility index (Phi) is 7.39. The van der Waals surface area contributed by atoms with Gasteiger partial charge in [0.15, 0.2) is 0 Å². The summed E-state index contributed by atoms with van der Waals surface area (Å²) in [5.41, 5.74) is 8.02. The smallest absolute Gasteiger partial charge is 0.236 e. The van der Waals surface area contributed by atoms with Crippen LogP contribution in [0.3, 0.4) is 0 Å². The number of nitrogens with zero attached hydrogens (tertiary/aromatic N) is 3. The minimum atomic E-state index is -0.229. The number of carbonyl (C=O) groups is 1. The molecule has 0 aliphatic carbocycles. The number of nitrogens with two attached hydrogens (primary N) is 1. The standard InChI is InChI=1S/C22H29FN4O/c23-20-6-8-21(9-7-20)26-14-16-27(17-15-26)22(28)18-25(13-11-24)12-10-19-4-2-1-3-5-19/h1-9H,10-18,24H2. The fourth-order valence-electron chi connectivity index (χ4n) is 3.54. The number of rotatable bonds is 8. The van der Waals surface area contributed by atoms with Crippen molar-refractivity contribution in [3.8, 4) is 0 Å². The largest absolute Gasteiger partial charge is 0.368 e. The van der Waals surface area contributed by atoms with Gasteiger partial charge in [-0.05, 0) is 36.2 Å². The van der Waals surface area contributed by atoms with Crippen LogP contribution >= 0.6 is 0 Å². The number of benzene rings is 2. The van der Waals surface area contributed by atoms with Gasteiger partial charge in [-0.15, -0.1) is 0 Å². The van der Waals surface area contributed by atoms with Gasteiger partial charge in [0.25, 0.3) is 0 Å². The summed E-state index contributed by atoms with van der Waals surface area (Å²) in [6.07, 6.45) is 0.909. The summed E-state index contributed by atoms with van der Waals surface area (Å²) < 4.78 is 13.1. The molecule has 150 valence electrons. The second-order valence-electron chi connectivity index (χ2n) is 7.14. The molecule has 1 aliphatic rings. The minimum Gasteiger partial charge on any atom is -0.368 e. The summed E-state index contributed by atoms with van der Waals surface area (Å²) in [7, 11) is 0. The van der Waals surface area contributed by atoms with Crippen LogP contribution in [0.2, 0.25) is 0 Å². The fraction of sp³-hybridized carbons (Fsp3) is 0.409. The van der Waals surface area contributed by atoms with Gasteiger partial charge >= 0.3 is 0 Å². The van der Waals surface area contributed by atoms with Crippen molar-refractivity contribution in [3.63, 3.8) is 0 Å². The Balaban J connectivity index is 1.48. The van der Waals surface area contributed by atoms with E-state index in [9.17, 15) is 9.18 Å². The number of carbonyl (C=O) groups excluding carboxylic acids is 1. The van der Waals surface area contributed by atoms with Gasteiger partial charge in [0.1, 0.15) is 5.82 Å². The molecular weight excluding hydrogens is 355 g/mol. The maximum atomic E-state index is 13.1. The summed E-state index contributed by atoms with van der Waals surface area (Å²) in [5, 5.41) is 0. The van der Waals surface area contributed by atoms with Crippen LogP contribution in [0.25, 0.3) is 0 Å². The lowest BCUT2D eigenvalue weighted by molar-refractivity contribution is -0.132. The van der Waals surface area contributed by atoms with Crippen molar-refractivity contribution >= 4 is 11.6 Å². The molecular formula is C22H29FN4O. The van der Waals surface area contributed by atoms with E-state index in [4.69, 9.17) is 5.73 Å². The molecule has 2 aromatic rings. The van der Waals surface area contributed by atoms with Gasteiger partial charge in [0.05, 0.1) is 6.54 Å². The van der Waals surface area contributed by atoms with E-state index in [0.29, 0.717) is 32.7 Å². The molecule has 6 heteroatoms. The number of halogens is 1. The van der Waals surface area contributed by atoms with Gasteiger partial charge in [-0.3, -0.25) is 9.69 Å². The van der Waals surface area contributed by atoms with Crippen LogP contribution in [0.5, 0.6) is 0 Å². The predicted molar refractivity (Wildman–Crippen MR) is 111 cm³/mol. The van der Waals surface area contributed by atoms with Crippen LogP contribution in [0.15, 0.2) is 54.6 Å². The molecule has 0 aromatic heterocycles. The summed E-state index contributed by atoms with van der Waals surface area (Å²) >= 11 is 0. The Bertz CT molecular complexity index is 730. The zero-order chi connectivity index (χ0) is 19.8. The zero-order valence-corrected chi connectivity index (χ0v) is 16.3. The van der Waals surface area contributed by atoms with Crippen molar-refractivity contribution in [2.45, 2.75) is 6.42 Å². The molecule has 0 radical (unpaired) electrons. The summed E-state index contributed by atoms with van der Waals surface area (Å²) in [4.78, 5) is 19.0. The van der Waals surface area contributed by atoms with Gasteiger partial charge in [-0.1, -0.05) is 30.3 Å². The summed E-state index contributed by atoms with van der Waals surface area (Å²) in [6.45, 7) is 5.38. The van der Waals surface area contributed by atoms with Gasteiger partial charge in [-0.25, -0.2) is 4.39 Å². The van der Waals surface area contributed by atoms with Crippen LogP contribution in [-0.4, -0.2) is 68.1 Å². The molecule has 2 aromatic carbocycles. The van der Waals surface area contributed by atoms with Gasteiger partial charge in [0.2, 0.25) is 5.91 Å².